The lowest BCUT2D eigenvalue weighted by Crippen LogP contribution is -2.30. The van der Waals surface area contributed by atoms with Crippen LogP contribution in [0.4, 0.5) is 0 Å². The summed E-state index contributed by atoms with van der Waals surface area (Å²) < 4.78 is 32.8. The van der Waals surface area contributed by atoms with Crippen LogP contribution < -0.4 is 15.2 Å². The summed E-state index contributed by atoms with van der Waals surface area (Å²) in [5, 5.41) is 9.63. The van der Waals surface area contributed by atoms with Gasteiger partial charge in [-0.05, 0) is 36.1 Å². The van der Waals surface area contributed by atoms with Crippen molar-refractivity contribution in [3.05, 3.63) is 46.2 Å². The molecular formula is C16H18N2O6S2. The summed E-state index contributed by atoms with van der Waals surface area (Å²) in [6, 6.07) is 7.43. The van der Waals surface area contributed by atoms with E-state index in [0.29, 0.717) is 13.0 Å². The van der Waals surface area contributed by atoms with Gasteiger partial charge in [-0.2, -0.15) is 0 Å². The maximum absolute atomic E-state index is 12.2. The number of rotatable bonds is 8. The largest absolute Gasteiger partial charge is 0.496 e. The first kappa shape index (κ1) is 19.9. The standard InChI is InChI=1S/C16H18N2O6S2/c1-23-14-5-4-12(26(17,21)22)9-13(14)16(20)24-10-15(19)18-7-6-11-3-2-8-25-11/h2-5,8-9H,6-7,10H2,1H3,(H,18,19)(H2,17,21,22). The number of carbonyl (C=O) groups is 2. The van der Waals surface area contributed by atoms with Gasteiger partial charge in [-0.3, -0.25) is 4.79 Å². The fourth-order valence-electron chi connectivity index (χ4n) is 2.06. The second-order valence-corrected chi connectivity index (χ2v) is 7.76. The number of nitrogens with one attached hydrogen (secondary N) is 1. The molecule has 140 valence electrons. The lowest BCUT2D eigenvalue weighted by Gasteiger charge is -2.10. The Bertz CT molecular complexity index is 878. The van der Waals surface area contributed by atoms with Gasteiger partial charge >= 0.3 is 5.97 Å². The molecule has 10 heteroatoms. The number of thiophene rings is 1. The summed E-state index contributed by atoms with van der Waals surface area (Å²) in [7, 11) is -2.67. The summed E-state index contributed by atoms with van der Waals surface area (Å²) in [4.78, 5) is 24.8. The van der Waals surface area contributed by atoms with Crippen molar-refractivity contribution in [2.45, 2.75) is 11.3 Å². The van der Waals surface area contributed by atoms with Crippen molar-refractivity contribution in [1.82, 2.24) is 5.32 Å². The molecule has 0 saturated heterocycles. The van der Waals surface area contributed by atoms with Crippen molar-refractivity contribution in [3.63, 3.8) is 0 Å². The quantitative estimate of drug-likeness (QED) is 0.637. The predicted octanol–water partition coefficient (Wildman–Crippen LogP) is 0.920. The molecule has 0 bridgehead atoms. The second-order valence-electron chi connectivity index (χ2n) is 5.16. The van der Waals surface area contributed by atoms with Gasteiger partial charge in [-0.25, -0.2) is 18.4 Å². The molecule has 1 aromatic heterocycles. The van der Waals surface area contributed by atoms with E-state index in [1.807, 2.05) is 17.5 Å². The molecule has 1 amide bonds. The number of sulfonamides is 1. The Labute approximate surface area is 155 Å². The summed E-state index contributed by atoms with van der Waals surface area (Å²) in [5.41, 5.74) is -0.134. The van der Waals surface area contributed by atoms with Crippen molar-refractivity contribution >= 4 is 33.2 Å². The van der Waals surface area contributed by atoms with E-state index in [4.69, 9.17) is 14.6 Å². The Morgan fingerprint density at radius 2 is 2.04 bits per heavy atom. The van der Waals surface area contributed by atoms with E-state index in [1.54, 1.807) is 11.3 Å². The number of amides is 1. The number of carbonyl (C=O) groups excluding carboxylic acids is 2. The van der Waals surface area contributed by atoms with Gasteiger partial charge in [0, 0.05) is 11.4 Å². The number of ether oxygens (including phenoxy) is 2. The van der Waals surface area contributed by atoms with Crippen LogP contribution in [-0.2, 0) is 26.0 Å². The molecule has 26 heavy (non-hydrogen) atoms. The van der Waals surface area contributed by atoms with Crippen molar-refractivity contribution in [2.24, 2.45) is 5.14 Å². The van der Waals surface area contributed by atoms with Crippen LogP contribution in [0.3, 0.4) is 0 Å². The highest BCUT2D eigenvalue weighted by atomic mass is 32.2. The molecule has 1 heterocycles. The van der Waals surface area contributed by atoms with E-state index in [1.165, 1.54) is 19.2 Å². The average Bonchev–Trinajstić information content (AvgIpc) is 3.11. The van der Waals surface area contributed by atoms with Crippen molar-refractivity contribution < 1.29 is 27.5 Å². The van der Waals surface area contributed by atoms with Gasteiger partial charge in [0.2, 0.25) is 10.0 Å². The van der Waals surface area contributed by atoms with E-state index >= 15 is 0 Å². The Morgan fingerprint density at radius 1 is 1.27 bits per heavy atom. The van der Waals surface area contributed by atoms with Crippen LogP contribution in [0.25, 0.3) is 0 Å². The Balaban J connectivity index is 1.93. The normalized spacial score (nSPS) is 11.0. The molecule has 2 rings (SSSR count). The minimum absolute atomic E-state index is 0.112. The molecule has 0 atom stereocenters. The molecule has 3 N–H and O–H groups in total. The smallest absolute Gasteiger partial charge is 0.342 e. The third-order valence-electron chi connectivity index (χ3n) is 3.33. The van der Waals surface area contributed by atoms with E-state index in [9.17, 15) is 18.0 Å². The highest BCUT2D eigenvalue weighted by Gasteiger charge is 2.19. The van der Waals surface area contributed by atoms with Gasteiger partial charge in [-0.15, -0.1) is 11.3 Å². The maximum Gasteiger partial charge on any atom is 0.342 e. The van der Waals surface area contributed by atoms with Gasteiger partial charge in [0.25, 0.3) is 5.91 Å². The van der Waals surface area contributed by atoms with Gasteiger partial charge in [0.05, 0.1) is 12.0 Å². The fraction of sp³-hybridized carbons (Fsp3) is 0.250. The third kappa shape index (κ3) is 5.55. The monoisotopic (exact) mass is 398 g/mol. The summed E-state index contributed by atoms with van der Waals surface area (Å²) in [6.07, 6.45) is 0.682. The van der Waals surface area contributed by atoms with E-state index in [0.717, 1.165) is 10.9 Å². The Hall–Kier alpha value is -2.43. The summed E-state index contributed by atoms with van der Waals surface area (Å²) in [6.45, 7) is -0.0762. The molecule has 0 aliphatic heterocycles. The number of methoxy groups -OCH3 is 1. The van der Waals surface area contributed by atoms with Crippen molar-refractivity contribution in [1.29, 1.82) is 0 Å². The van der Waals surface area contributed by atoms with Crippen LogP contribution >= 0.6 is 11.3 Å². The van der Waals surface area contributed by atoms with Gasteiger partial charge < -0.3 is 14.8 Å². The first-order valence-corrected chi connectivity index (χ1v) is 9.91. The van der Waals surface area contributed by atoms with Crippen LogP contribution in [0.2, 0.25) is 0 Å². The SMILES string of the molecule is COc1ccc(S(N)(=O)=O)cc1C(=O)OCC(=O)NCCc1cccs1. The minimum atomic E-state index is -3.99. The number of hydrogen-bond donors (Lipinski definition) is 2. The molecule has 0 aliphatic carbocycles. The number of hydrogen-bond acceptors (Lipinski definition) is 7. The Kier molecular flexibility index (Phi) is 6.72. The zero-order chi connectivity index (χ0) is 19.2. The second kappa shape index (κ2) is 8.79. The van der Waals surface area contributed by atoms with Crippen LogP contribution in [0.15, 0.2) is 40.6 Å². The van der Waals surface area contributed by atoms with Crippen LogP contribution in [-0.4, -0.2) is 40.6 Å². The zero-order valence-corrected chi connectivity index (χ0v) is 15.6. The molecule has 1 aromatic carbocycles. The van der Waals surface area contributed by atoms with Crippen LogP contribution in [0, 0.1) is 0 Å². The van der Waals surface area contributed by atoms with Gasteiger partial charge in [0.15, 0.2) is 6.61 Å². The molecule has 0 saturated carbocycles. The first-order valence-electron chi connectivity index (χ1n) is 7.48. The number of nitrogens with two attached hydrogens (primary N) is 1. The lowest BCUT2D eigenvalue weighted by molar-refractivity contribution is -0.124. The lowest BCUT2D eigenvalue weighted by atomic mass is 10.2. The van der Waals surface area contributed by atoms with E-state index in [2.05, 4.69) is 5.32 Å². The predicted molar refractivity (Wildman–Crippen MR) is 95.7 cm³/mol. The average molecular weight is 398 g/mol. The first-order chi connectivity index (χ1) is 12.3. The minimum Gasteiger partial charge on any atom is -0.496 e. The highest BCUT2D eigenvalue weighted by molar-refractivity contribution is 7.89. The molecule has 8 nitrogen and oxygen atoms in total. The van der Waals surface area contributed by atoms with Crippen molar-refractivity contribution in [2.75, 3.05) is 20.3 Å². The summed E-state index contributed by atoms with van der Waals surface area (Å²) >= 11 is 1.59. The van der Waals surface area contributed by atoms with E-state index in [-0.39, 0.29) is 16.2 Å². The summed E-state index contributed by atoms with van der Waals surface area (Å²) in [5.74, 6) is -1.24. The van der Waals surface area contributed by atoms with Gasteiger partial charge in [0.1, 0.15) is 11.3 Å². The molecule has 0 unspecified atom stereocenters. The number of esters is 1. The molecule has 0 radical (unpaired) electrons. The molecule has 0 fully saturated rings. The van der Waals surface area contributed by atoms with Crippen molar-refractivity contribution in [3.8, 4) is 5.75 Å². The van der Waals surface area contributed by atoms with Crippen LogP contribution in [0.1, 0.15) is 15.2 Å². The fourth-order valence-corrected chi connectivity index (χ4v) is 3.31. The third-order valence-corrected chi connectivity index (χ3v) is 5.17. The maximum atomic E-state index is 12.2. The Morgan fingerprint density at radius 3 is 2.65 bits per heavy atom. The molecule has 0 spiro atoms. The highest BCUT2D eigenvalue weighted by Crippen LogP contribution is 2.22. The zero-order valence-electron chi connectivity index (χ0n) is 13.9. The molecule has 0 aliphatic rings. The number of benzene rings is 1. The molecular weight excluding hydrogens is 380 g/mol. The van der Waals surface area contributed by atoms with Crippen LogP contribution in [0.5, 0.6) is 5.75 Å². The van der Waals surface area contributed by atoms with Gasteiger partial charge in [-0.1, -0.05) is 6.07 Å². The number of primary sulfonamides is 1. The topological polar surface area (TPSA) is 125 Å². The van der Waals surface area contributed by atoms with E-state index < -0.39 is 28.5 Å². The molecule has 2 aromatic rings.